The largest absolute Gasteiger partial charge is 0.465 e. The fourth-order valence-electron chi connectivity index (χ4n) is 2.40. The molecule has 0 aromatic heterocycles. The number of benzene rings is 1. The van der Waals surface area contributed by atoms with Gasteiger partial charge in [-0.05, 0) is 19.1 Å². The van der Waals surface area contributed by atoms with Crippen molar-refractivity contribution in [1.29, 1.82) is 0 Å². The van der Waals surface area contributed by atoms with Gasteiger partial charge in [-0.15, -0.1) is 0 Å². The molecule has 0 spiro atoms. The van der Waals surface area contributed by atoms with Gasteiger partial charge in [-0.2, -0.15) is 4.39 Å². The molecule has 0 amide bonds. The Morgan fingerprint density at radius 3 is 2.30 bits per heavy atom. The summed E-state index contributed by atoms with van der Waals surface area (Å²) in [6.45, 7) is 1.02. The summed E-state index contributed by atoms with van der Waals surface area (Å²) < 4.78 is 38.0. The smallest absolute Gasteiger partial charge is 0.355 e. The number of methoxy groups -OCH3 is 2. The average molecular weight is 380 g/mol. The number of carbonyl (C=O) groups is 2. The number of halogens is 2. The van der Waals surface area contributed by atoms with Crippen molar-refractivity contribution >= 4 is 23.3 Å². The van der Waals surface area contributed by atoms with Crippen molar-refractivity contribution in [2.75, 3.05) is 19.1 Å². The van der Waals surface area contributed by atoms with Crippen molar-refractivity contribution in [2.24, 2.45) is 0 Å². The molecule has 1 aliphatic rings. The minimum absolute atomic E-state index is 0.279. The second-order valence-electron chi connectivity index (χ2n) is 5.24. The summed E-state index contributed by atoms with van der Waals surface area (Å²) in [5.41, 5.74) is -2.85. The highest BCUT2D eigenvalue weighted by atomic mass is 19.1. The van der Waals surface area contributed by atoms with E-state index in [1.54, 1.807) is 0 Å². The summed E-state index contributed by atoms with van der Waals surface area (Å²) in [5.74, 6) is -4.44. The second-order valence-corrected chi connectivity index (χ2v) is 5.24. The van der Waals surface area contributed by atoms with Crippen LogP contribution in [0.2, 0.25) is 0 Å². The van der Waals surface area contributed by atoms with Gasteiger partial charge in [0.1, 0.15) is 5.70 Å². The molecule has 10 heteroatoms. The van der Waals surface area contributed by atoms with Crippen molar-refractivity contribution in [3.63, 3.8) is 0 Å². The number of allylic oxidation sites excluding steroid dienone is 2. The Bertz CT molecular complexity index is 920. The number of esters is 2. The summed E-state index contributed by atoms with van der Waals surface area (Å²) >= 11 is 0. The van der Waals surface area contributed by atoms with Gasteiger partial charge in [-0.1, -0.05) is 6.08 Å². The molecule has 142 valence electrons. The molecule has 0 radical (unpaired) electrons. The molecule has 1 aliphatic heterocycles. The lowest BCUT2D eigenvalue weighted by atomic mass is 10.1. The molecule has 1 aromatic rings. The Balaban J connectivity index is 2.84. The maximum atomic E-state index is 14.7. The van der Waals surface area contributed by atoms with E-state index >= 15 is 0 Å². The lowest BCUT2D eigenvalue weighted by Gasteiger charge is -2.24. The number of hydrogen-bond donors (Lipinski definition) is 0. The number of rotatable bonds is 4. The molecular formula is C17H14F2N2O6. The first-order valence-corrected chi connectivity index (χ1v) is 7.42. The first kappa shape index (κ1) is 19.8. The van der Waals surface area contributed by atoms with E-state index in [1.807, 2.05) is 0 Å². The lowest BCUT2D eigenvalue weighted by Crippen LogP contribution is -2.28. The minimum Gasteiger partial charge on any atom is -0.465 e. The van der Waals surface area contributed by atoms with E-state index < -0.39 is 51.1 Å². The first-order chi connectivity index (χ1) is 12.7. The van der Waals surface area contributed by atoms with Crippen LogP contribution in [0.5, 0.6) is 0 Å². The van der Waals surface area contributed by atoms with Gasteiger partial charge in [0.15, 0.2) is 5.82 Å². The van der Waals surface area contributed by atoms with Gasteiger partial charge in [0.2, 0.25) is 5.82 Å². The number of nitro groups is 1. The number of nitro benzene ring substituents is 1. The van der Waals surface area contributed by atoms with Crippen LogP contribution in [-0.4, -0.2) is 31.1 Å². The maximum Gasteiger partial charge on any atom is 0.355 e. The molecule has 2 rings (SSSR count). The number of hydrogen-bond acceptors (Lipinski definition) is 7. The molecule has 0 unspecified atom stereocenters. The zero-order valence-electron chi connectivity index (χ0n) is 14.5. The van der Waals surface area contributed by atoms with E-state index in [-0.39, 0.29) is 5.57 Å². The van der Waals surface area contributed by atoms with Crippen LogP contribution in [0.4, 0.5) is 20.2 Å². The average Bonchev–Trinajstić information content (AvgIpc) is 2.87. The molecular weight excluding hydrogens is 366 g/mol. The van der Waals surface area contributed by atoms with Gasteiger partial charge in [-0.25, -0.2) is 14.0 Å². The standard InChI is InChI=1S/C17H14F2N2O6/c1-9-13(18)11(8-12(14(9)19)21(24)25)20-7-5-4-6-10(16(22)26-2)15(20)17(23)27-3/h4-8H,1-3H3. The van der Waals surface area contributed by atoms with Gasteiger partial charge in [0.25, 0.3) is 0 Å². The van der Waals surface area contributed by atoms with Crippen LogP contribution in [0.1, 0.15) is 5.56 Å². The van der Waals surface area contributed by atoms with E-state index in [2.05, 4.69) is 9.47 Å². The second kappa shape index (κ2) is 7.77. The maximum absolute atomic E-state index is 14.7. The van der Waals surface area contributed by atoms with Crippen molar-refractivity contribution in [3.05, 3.63) is 69.1 Å². The lowest BCUT2D eigenvalue weighted by molar-refractivity contribution is -0.387. The Morgan fingerprint density at radius 1 is 1.11 bits per heavy atom. The third-order valence-electron chi connectivity index (χ3n) is 3.73. The molecule has 0 atom stereocenters. The zero-order valence-corrected chi connectivity index (χ0v) is 14.5. The molecule has 0 aliphatic carbocycles. The fraction of sp³-hybridized carbons (Fsp3) is 0.176. The monoisotopic (exact) mass is 380 g/mol. The Morgan fingerprint density at radius 2 is 1.74 bits per heavy atom. The third kappa shape index (κ3) is 3.54. The molecule has 0 fully saturated rings. The highest BCUT2D eigenvalue weighted by Gasteiger charge is 2.32. The molecule has 0 N–H and O–H groups in total. The Kier molecular flexibility index (Phi) is 5.69. The molecule has 0 bridgehead atoms. The van der Waals surface area contributed by atoms with Crippen LogP contribution in [-0.2, 0) is 19.1 Å². The van der Waals surface area contributed by atoms with Gasteiger partial charge >= 0.3 is 17.6 Å². The van der Waals surface area contributed by atoms with Crippen LogP contribution >= 0.6 is 0 Å². The SMILES string of the molecule is COC(=O)C1=C(C(=O)OC)N(c2cc([N+](=O)[O-])c(F)c(C)c2F)C=CC=C1. The van der Waals surface area contributed by atoms with E-state index in [1.165, 1.54) is 24.4 Å². The summed E-state index contributed by atoms with van der Waals surface area (Å²) in [4.78, 5) is 35.3. The van der Waals surface area contributed by atoms with Gasteiger partial charge < -0.3 is 14.4 Å². The van der Waals surface area contributed by atoms with E-state index in [9.17, 15) is 28.5 Å². The van der Waals surface area contributed by atoms with Crippen molar-refractivity contribution < 1.29 is 32.8 Å². The highest BCUT2D eigenvalue weighted by molar-refractivity contribution is 6.05. The molecule has 8 nitrogen and oxygen atoms in total. The van der Waals surface area contributed by atoms with Crippen molar-refractivity contribution in [2.45, 2.75) is 6.92 Å². The molecule has 27 heavy (non-hydrogen) atoms. The van der Waals surface area contributed by atoms with Crippen molar-refractivity contribution in [1.82, 2.24) is 0 Å². The zero-order chi connectivity index (χ0) is 20.3. The quantitative estimate of drug-likeness (QED) is 0.450. The first-order valence-electron chi connectivity index (χ1n) is 7.42. The predicted octanol–water partition coefficient (Wildman–Crippen LogP) is 2.67. The van der Waals surface area contributed by atoms with Gasteiger partial charge in [-0.3, -0.25) is 10.1 Å². The van der Waals surface area contributed by atoms with E-state index in [0.717, 1.165) is 26.0 Å². The predicted molar refractivity (Wildman–Crippen MR) is 89.6 cm³/mol. The normalized spacial score (nSPS) is 13.4. The van der Waals surface area contributed by atoms with E-state index in [0.29, 0.717) is 6.07 Å². The molecule has 1 aromatic carbocycles. The summed E-state index contributed by atoms with van der Waals surface area (Å²) in [6.07, 6.45) is 5.14. The number of anilines is 1. The van der Waals surface area contributed by atoms with Gasteiger partial charge in [0, 0.05) is 17.8 Å². The van der Waals surface area contributed by atoms with Gasteiger partial charge in [0.05, 0.1) is 30.4 Å². The number of carbonyl (C=O) groups excluding carboxylic acids is 2. The summed E-state index contributed by atoms with van der Waals surface area (Å²) in [6, 6.07) is 0.630. The Labute approximate surface area is 152 Å². The van der Waals surface area contributed by atoms with E-state index in [4.69, 9.17) is 0 Å². The van der Waals surface area contributed by atoms with Crippen LogP contribution in [0.3, 0.4) is 0 Å². The number of nitrogens with zero attached hydrogens (tertiary/aromatic N) is 2. The molecule has 0 saturated carbocycles. The summed E-state index contributed by atoms with van der Waals surface area (Å²) in [5, 5.41) is 11.1. The Hall–Kier alpha value is -3.56. The van der Waals surface area contributed by atoms with Crippen molar-refractivity contribution in [3.8, 4) is 0 Å². The molecule has 0 saturated heterocycles. The molecule has 1 heterocycles. The van der Waals surface area contributed by atoms with Crippen LogP contribution in [0, 0.1) is 28.7 Å². The fourth-order valence-corrected chi connectivity index (χ4v) is 2.40. The topological polar surface area (TPSA) is 99.0 Å². The number of ether oxygens (including phenoxy) is 2. The van der Waals surface area contributed by atoms with Crippen LogP contribution in [0.15, 0.2) is 41.8 Å². The van der Waals surface area contributed by atoms with Crippen LogP contribution < -0.4 is 4.90 Å². The van der Waals surface area contributed by atoms with Crippen LogP contribution in [0.25, 0.3) is 0 Å². The minimum atomic E-state index is -1.34. The summed E-state index contributed by atoms with van der Waals surface area (Å²) in [7, 11) is 2.11. The third-order valence-corrected chi connectivity index (χ3v) is 3.73. The highest BCUT2D eigenvalue weighted by Crippen LogP contribution is 2.35.